The number of amides is 1. The van der Waals surface area contributed by atoms with E-state index in [-0.39, 0.29) is 24.6 Å². The molecule has 1 atom stereocenters. The number of nitrogens with zero attached hydrogens (tertiary/aromatic N) is 1. The molecule has 0 heterocycles. The highest BCUT2D eigenvalue weighted by molar-refractivity contribution is 5.98. The average molecular weight is 345 g/mol. The SMILES string of the molecule is CCC(C(=O)OCC(C)C)N(C(C)=O)c1cccc(C(F)(F)F)c1. The highest BCUT2D eigenvalue weighted by Crippen LogP contribution is 2.32. The molecular weight excluding hydrogens is 323 g/mol. The van der Waals surface area contributed by atoms with Gasteiger partial charge in [-0.25, -0.2) is 4.79 Å². The molecule has 0 saturated carbocycles. The molecule has 1 rings (SSSR count). The van der Waals surface area contributed by atoms with Gasteiger partial charge >= 0.3 is 12.1 Å². The molecule has 4 nitrogen and oxygen atoms in total. The molecule has 0 aliphatic rings. The fourth-order valence-corrected chi connectivity index (χ4v) is 2.21. The minimum atomic E-state index is -4.53. The number of halogens is 3. The van der Waals surface area contributed by atoms with Crippen molar-refractivity contribution in [1.29, 1.82) is 0 Å². The standard InChI is InChI=1S/C17H22F3NO3/c1-5-15(16(23)24-10-11(2)3)21(12(4)22)14-8-6-7-13(9-14)17(18,19)20/h6-9,11,15H,5,10H2,1-4H3. The summed E-state index contributed by atoms with van der Waals surface area (Å²) < 4.78 is 43.8. The summed E-state index contributed by atoms with van der Waals surface area (Å²) in [5.74, 6) is -1.03. The van der Waals surface area contributed by atoms with Gasteiger partial charge < -0.3 is 4.74 Å². The van der Waals surface area contributed by atoms with Gasteiger partial charge in [-0.1, -0.05) is 26.8 Å². The third kappa shape index (κ3) is 5.25. The van der Waals surface area contributed by atoms with E-state index < -0.39 is 29.7 Å². The van der Waals surface area contributed by atoms with Crippen molar-refractivity contribution in [3.05, 3.63) is 29.8 Å². The molecule has 0 bridgehead atoms. The van der Waals surface area contributed by atoms with Gasteiger partial charge in [0.15, 0.2) is 0 Å². The van der Waals surface area contributed by atoms with E-state index in [0.717, 1.165) is 17.0 Å². The van der Waals surface area contributed by atoms with Crippen molar-refractivity contribution in [2.45, 2.75) is 46.3 Å². The van der Waals surface area contributed by atoms with E-state index in [4.69, 9.17) is 4.74 Å². The first-order valence-corrected chi connectivity index (χ1v) is 7.71. The molecule has 0 spiro atoms. The maximum Gasteiger partial charge on any atom is 0.416 e. The van der Waals surface area contributed by atoms with E-state index >= 15 is 0 Å². The van der Waals surface area contributed by atoms with Gasteiger partial charge in [0, 0.05) is 12.6 Å². The van der Waals surface area contributed by atoms with Crippen LogP contribution in [0.25, 0.3) is 0 Å². The predicted molar refractivity (Wildman–Crippen MR) is 84.5 cm³/mol. The summed E-state index contributed by atoms with van der Waals surface area (Å²) in [6.07, 6.45) is -4.30. The molecule has 1 amide bonds. The Balaban J connectivity index is 3.17. The number of hydrogen-bond donors (Lipinski definition) is 0. The lowest BCUT2D eigenvalue weighted by atomic mass is 10.1. The number of rotatable bonds is 6. The van der Waals surface area contributed by atoms with Crippen LogP contribution in [0.2, 0.25) is 0 Å². The largest absolute Gasteiger partial charge is 0.464 e. The first-order chi connectivity index (χ1) is 11.1. The Morgan fingerprint density at radius 3 is 2.33 bits per heavy atom. The Labute approximate surface area is 139 Å². The summed E-state index contributed by atoms with van der Waals surface area (Å²) in [5.41, 5.74) is -0.859. The van der Waals surface area contributed by atoms with Crippen LogP contribution in [0.5, 0.6) is 0 Å². The zero-order valence-electron chi connectivity index (χ0n) is 14.2. The molecular formula is C17H22F3NO3. The lowest BCUT2D eigenvalue weighted by Crippen LogP contribution is -2.45. The molecule has 0 radical (unpaired) electrons. The number of carbonyl (C=O) groups excluding carboxylic acids is 2. The lowest BCUT2D eigenvalue weighted by Gasteiger charge is -2.29. The van der Waals surface area contributed by atoms with Crippen molar-refractivity contribution in [2.24, 2.45) is 5.92 Å². The smallest absolute Gasteiger partial charge is 0.416 e. The summed E-state index contributed by atoms with van der Waals surface area (Å²) in [7, 11) is 0. The van der Waals surface area contributed by atoms with E-state index in [9.17, 15) is 22.8 Å². The summed E-state index contributed by atoms with van der Waals surface area (Å²) in [5, 5.41) is 0. The van der Waals surface area contributed by atoms with Crippen molar-refractivity contribution in [2.75, 3.05) is 11.5 Å². The molecule has 0 aromatic heterocycles. The monoisotopic (exact) mass is 345 g/mol. The molecule has 0 fully saturated rings. The molecule has 1 aromatic rings. The summed E-state index contributed by atoms with van der Waals surface area (Å²) in [6.45, 7) is 6.79. The molecule has 0 N–H and O–H groups in total. The second-order valence-corrected chi connectivity index (χ2v) is 5.89. The van der Waals surface area contributed by atoms with Crippen molar-refractivity contribution >= 4 is 17.6 Å². The maximum absolute atomic E-state index is 12.9. The fraction of sp³-hybridized carbons (Fsp3) is 0.529. The quantitative estimate of drug-likeness (QED) is 0.731. The normalized spacial score (nSPS) is 12.8. The molecule has 0 aliphatic carbocycles. The van der Waals surface area contributed by atoms with E-state index in [1.807, 2.05) is 13.8 Å². The molecule has 24 heavy (non-hydrogen) atoms. The van der Waals surface area contributed by atoms with E-state index in [2.05, 4.69) is 0 Å². The topological polar surface area (TPSA) is 46.6 Å². The summed E-state index contributed by atoms with van der Waals surface area (Å²) in [4.78, 5) is 25.3. The Morgan fingerprint density at radius 1 is 1.25 bits per heavy atom. The Morgan fingerprint density at radius 2 is 1.88 bits per heavy atom. The second-order valence-electron chi connectivity index (χ2n) is 5.89. The van der Waals surface area contributed by atoms with Crippen LogP contribution in [0.4, 0.5) is 18.9 Å². The van der Waals surface area contributed by atoms with Gasteiger partial charge in [0.1, 0.15) is 6.04 Å². The number of carbonyl (C=O) groups is 2. The third-order valence-electron chi connectivity index (χ3n) is 3.32. The van der Waals surface area contributed by atoms with Crippen LogP contribution in [-0.2, 0) is 20.5 Å². The van der Waals surface area contributed by atoms with Gasteiger partial charge in [0.25, 0.3) is 0 Å². The maximum atomic E-state index is 12.9. The van der Waals surface area contributed by atoms with Crippen LogP contribution in [0.3, 0.4) is 0 Å². The molecule has 0 saturated heterocycles. The summed E-state index contributed by atoms with van der Waals surface area (Å²) >= 11 is 0. The van der Waals surface area contributed by atoms with Crippen LogP contribution in [0.1, 0.15) is 39.7 Å². The third-order valence-corrected chi connectivity index (χ3v) is 3.32. The van der Waals surface area contributed by atoms with Crippen molar-refractivity contribution < 1.29 is 27.5 Å². The van der Waals surface area contributed by atoms with E-state index in [1.165, 1.54) is 19.1 Å². The van der Waals surface area contributed by atoms with Gasteiger partial charge in [-0.3, -0.25) is 9.69 Å². The second kappa shape index (κ2) is 8.17. The Hall–Kier alpha value is -2.05. The van der Waals surface area contributed by atoms with Crippen LogP contribution in [0, 0.1) is 5.92 Å². The minimum absolute atomic E-state index is 0.0191. The van der Waals surface area contributed by atoms with E-state index in [1.54, 1.807) is 6.92 Å². The molecule has 0 aliphatic heterocycles. The number of benzene rings is 1. The van der Waals surface area contributed by atoms with Gasteiger partial charge in [0.2, 0.25) is 5.91 Å². The van der Waals surface area contributed by atoms with Crippen LogP contribution in [-0.4, -0.2) is 24.5 Å². The van der Waals surface area contributed by atoms with Gasteiger partial charge in [0.05, 0.1) is 12.2 Å². The first kappa shape index (κ1) is 20.0. The van der Waals surface area contributed by atoms with Gasteiger partial charge in [-0.2, -0.15) is 13.2 Å². The van der Waals surface area contributed by atoms with Crippen molar-refractivity contribution in [3.63, 3.8) is 0 Å². The number of hydrogen-bond acceptors (Lipinski definition) is 3. The highest BCUT2D eigenvalue weighted by atomic mass is 19.4. The Bertz CT molecular complexity index is 585. The Kier molecular flexibility index (Phi) is 6.81. The van der Waals surface area contributed by atoms with Gasteiger partial charge in [-0.15, -0.1) is 0 Å². The van der Waals surface area contributed by atoms with Crippen molar-refractivity contribution in [3.8, 4) is 0 Å². The zero-order chi connectivity index (χ0) is 18.5. The number of ether oxygens (including phenoxy) is 1. The fourth-order valence-electron chi connectivity index (χ4n) is 2.21. The van der Waals surface area contributed by atoms with Gasteiger partial charge in [-0.05, 0) is 30.5 Å². The predicted octanol–water partition coefficient (Wildman–Crippen LogP) is 4.04. The average Bonchev–Trinajstić information content (AvgIpc) is 2.48. The van der Waals surface area contributed by atoms with E-state index in [0.29, 0.717) is 0 Å². The number of esters is 1. The molecule has 1 aromatic carbocycles. The van der Waals surface area contributed by atoms with Crippen molar-refractivity contribution in [1.82, 2.24) is 0 Å². The molecule has 134 valence electrons. The number of alkyl halides is 3. The first-order valence-electron chi connectivity index (χ1n) is 7.71. The highest BCUT2D eigenvalue weighted by Gasteiger charge is 2.33. The molecule has 7 heteroatoms. The molecule has 1 unspecified atom stereocenters. The zero-order valence-corrected chi connectivity index (χ0v) is 14.2. The summed E-state index contributed by atoms with van der Waals surface area (Å²) in [6, 6.07) is 3.39. The van der Waals surface area contributed by atoms with Crippen LogP contribution >= 0.6 is 0 Å². The minimum Gasteiger partial charge on any atom is -0.464 e. The number of anilines is 1. The lowest BCUT2D eigenvalue weighted by molar-refractivity contribution is -0.147. The van der Waals surface area contributed by atoms with Crippen LogP contribution < -0.4 is 4.90 Å². The van der Waals surface area contributed by atoms with Crippen LogP contribution in [0.15, 0.2) is 24.3 Å².